The first-order chi connectivity index (χ1) is 12.7. The predicted octanol–water partition coefficient (Wildman–Crippen LogP) is 3.72. The number of aromatic nitrogens is 3. The van der Waals surface area contributed by atoms with Crippen molar-refractivity contribution in [1.82, 2.24) is 25.0 Å². The maximum atomic E-state index is 4.87. The van der Waals surface area contributed by atoms with Gasteiger partial charge in [-0.3, -0.25) is 0 Å². The Hall–Kier alpha value is -1.64. The molecule has 1 aliphatic rings. The molecule has 0 saturated carbocycles. The van der Waals surface area contributed by atoms with Crippen molar-refractivity contribution in [2.24, 2.45) is 16.8 Å². The van der Waals surface area contributed by atoms with Crippen LogP contribution in [-0.2, 0) is 6.54 Å². The zero-order valence-corrected chi connectivity index (χ0v) is 18.8. The van der Waals surface area contributed by atoms with Gasteiger partial charge in [-0.05, 0) is 49.3 Å². The zero-order valence-electron chi connectivity index (χ0n) is 16.5. The molecule has 1 atom stereocenters. The van der Waals surface area contributed by atoms with Gasteiger partial charge in [-0.25, -0.2) is 14.7 Å². The molecular weight excluding hydrogens is 451 g/mol. The molecule has 0 amide bonds. The van der Waals surface area contributed by atoms with Gasteiger partial charge in [-0.2, -0.15) is 5.10 Å². The first-order valence-electron chi connectivity index (χ1n) is 9.63. The van der Waals surface area contributed by atoms with Crippen LogP contribution in [0.25, 0.3) is 5.69 Å². The van der Waals surface area contributed by atoms with Crippen molar-refractivity contribution in [3.8, 4) is 5.69 Å². The molecule has 0 spiro atoms. The van der Waals surface area contributed by atoms with E-state index in [0.717, 1.165) is 43.1 Å². The average molecular weight is 482 g/mol. The first-order valence-corrected chi connectivity index (χ1v) is 9.63. The summed E-state index contributed by atoms with van der Waals surface area (Å²) in [6, 6.07) is 8.33. The fourth-order valence-electron chi connectivity index (χ4n) is 3.57. The summed E-state index contributed by atoms with van der Waals surface area (Å²) < 4.78 is 1.76. The molecule has 27 heavy (non-hydrogen) atoms. The number of likely N-dealkylation sites (tertiary alicyclic amines) is 1. The Kier molecular flexibility index (Phi) is 8.53. The van der Waals surface area contributed by atoms with Gasteiger partial charge in [-0.15, -0.1) is 24.0 Å². The molecule has 2 aromatic rings. The molecule has 1 fully saturated rings. The number of benzene rings is 1. The maximum Gasteiger partial charge on any atom is 0.194 e. The fraction of sp³-hybridized carbons (Fsp3) is 0.550. The second kappa shape index (κ2) is 10.6. The molecule has 1 unspecified atom stereocenters. The Bertz CT molecular complexity index is 696. The van der Waals surface area contributed by atoms with Crippen molar-refractivity contribution in [2.75, 3.05) is 19.6 Å². The van der Waals surface area contributed by atoms with E-state index in [1.165, 1.54) is 18.4 Å². The van der Waals surface area contributed by atoms with E-state index in [-0.39, 0.29) is 24.0 Å². The standard InChI is InChI=1S/C20H30N6.HI/c1-4-22-20(25-10-9-18(13-25)11-16(2)3)23-12-17-5-7-19(8-6-17)26-15-21-14-24-26;/h5-8,14-16,18H,4,9-13H2,1-3H3,(H,22,23);1H. The number of aliphatic imine (C=N–C) groups is 1. The second-order valence-corrected chi connectivity index (χ2v) is 7.41. The van der Waals surface area contributed by atoms with Crippen molar-refractivity contribution < 1.29 is 0 Å². The number of nitrogens with one attached hydrogen (secondary N) is 1. The lowest BCUT2D eigenvalue weighted by Crippen LogP contribution is -2.40. The van der Waals surface area contributed by atoms with Crippen LogP contribution in [-0.4, -0.2) is 45.3 Å². The normalized spacial score (nSPS) is 17.3. The van der Waals surface area contributed by atoms with E-state index in [9.17, 15) is 0 Å². The van der Waals surface area contributed by atoms with Crippen LogP contribution in [0.15, 0.2) is 41.9 Å². The lowest BCUT2D eigenvalue weighted by molar-refractivity contribution is 0.403. The van der Waals surface area contributed by atoms with Crippen LogP contribution < -0.4 is 5.32 Å². The molecular formula is C20H31IN6. The molecule has 7 heteroatoms. The van der Waals surface area contributed by atoms with Crippen molar-refractivity contribution >= 4 is 29.9 Å². The van der Waals surface area contributed by atoms with Crippen LogP contribution in [0.1, 0.15) is 39.2 Å². The number of rotatable bonds is 6. The maximum absolute atomic E-state index is 4.87. The van der Waals surface area contributed by atoms with Gasteiger partial charge in [0.2, 0.25) is 0 Å². The summed E-state index contributed by atoms with van der Waals surface area (Å²) in [6.07, 6.45) is 5.83. The summed E-state index contributed by atoms with van der Waals surface area (Å²) in [4.78, 5) is 11.3. The van der Waals surface area contributed by atoms with Gasteiger partial charge in [0.05, 0.1) is 12.2 Å². The van der Waals surface area contributed by atoms with Gasteiger partial charge >= 0.3 is 0 Å². The minimum absolute atomic E-state index is 0. The van der Waals surface area contributed by atoms with Crippen LogP contribution in [0.3, 0.4) is 0 Å². The van der Waals surface area contributed by atoms with Crippen molar-refractivity contribution in [2.45, 2.75) is 40.2 Å². The Balaban J connectivity index is 0.00000261. The minimum Gasteiger partial charge on any atom is -0.357 e. The Labute approximate surface area is 179 Å². The molecule has 1 saturated heterocycles. The monoisotopic (exact) mass is 482 g/mol. The van der Waals surface area contributed by atoms with Gasteiger partial charge in [0.1, 0.15) is 12.7 Å². The summed E-state index contributed by atoms with van der Waals surface area (Å²) in [7, 11) is 0. The highest BCUT2D eigenvalue weighted by molar-refractivity contribution is 14.0. The molecule has 6 nitrogen and oxygen atoms in total. The average Bonchev–Trinajstić information content (AvgIpc) is 3.30. The van der Waals surface area contributed by atoms with Crippen LogP contribution in [0.2, 0.25) is 0 Å². The third-order valence-corrected chi connectivity index (χ3v) is 4.76. The SMILES string of the molecule is CCNC(=NCc1ccc(-n2cncn2)cc1)N1CCC(CC(C)C)C1.I. The van der Waals surface area contributed by atoms with E-state index in [0.29, 0.717) is 6.54 Å². The quantitative estimate of drug-likeness (QED) is 0.388. The summed E-state index contributed by atoms with van der Waals surface area (Å²) in [5, 5.41) is 7.61. The highest BCUT2D eigenvalue weighted by atomic mass is 127. The molecule has 3 rings (SSSR count). The van der Waals surface area contributed by atoms with Gasteiger partial charge in [0.25, 0.3) is 0 Å². The van der Waals surface area contributed by atoms with E-state index in [1.807, 2.05) is 0 Å². The highest BCUT2D eigenvalue weighted by Gasteiger charge is 2.25. The van der Waals surface area contributed by atoms with E-state index in [1.54, 1.807) is 17.3 Å². The molecule has 0 bridgehead atoms. The summed E-state index contributed by atoms with van der Waals surface area (Å²) in [6.45, 7) is 10.6. The van der Waals surface area contributed by atoms with Gasteiger partial charge in [-0.1, -0.05) is 26.0 Å². The zero-order chi connectivity index (χ0) is 18.4. The molecule has 0 radical (unpaired) electrons. The Morgan fingerprint density at radius 3 is 2.70 bits per heavy atom. The van der Waals surface area contributed by atoms with E-state index >= 15 is 0 Å². The fourth-order valence-corrected chi connectivity index (χ4v) is 3.57. The lowest BCUT2D eigenvalue weighted by atomic mass is 9.97. The van der Waals surface area contributed by atoms with Gasteiger partial charge in [0.15, 0.2) is 5.96 Å². The van der Waals surface area contributed by atoms with Crippen molar-refractivity contribution in [3.05, 3.63) is 42.5 Å². The molecule has 1 aromatic heterocycles. The van der Waals surface area contributed by atoms with Crippen LogP contribution in [0.5, 0.6) is 0 Å². The molecule has 0 aliphatic carbocycles. The summed E-state index contributed by atoms with van der Waals surface area (Å²) >= 11 is 0. The smallest absolute Gasteiger partial charge is 0.194 e. The number of halogens is 1. The number of hydrogen-bond acceptors (Lipinski definition) is 3. The summed E-state index contributed by atoms with van der Waals surface area (Å²) in [5.74, 6) is 2.60. The molecule has 1 aromatic carbocycles. The Morgan fingerprint density at radius 2 is 2.07 bits per heavy atom. The van der Waals surface area contributed by atoms with Crippen molar-refractivity contribution in [1.29, 1.82) is 0 Å². The van der Waals surface area contributed by atoms with Crippen LogP contribution in [0, 0.1) is 11.8 Å². The topological polar surface area (TPSA) is 58.3 Å². The molecule has 148 valence electrons. The molecule has 2 heterocycles. The van der Waals surface area contributed by atoms with E-state index in [2.05, 4.69) is 65.3 Å². The first kappa shape index (κ1) is 21.7. The summed E-state index contributed by atoms with van der Waals surface area (Å²) in [5.41, 5.74) is 2.21. The highest BCUT2D eigenvalue weighted by Crippen LogP contribution is 2.23. The Morgan fingerprint density at radius 1 is 1.30 bits per heavy atom. The van der Waals surface area contributed by atoms with E-state index < -0.39 is 0 Å². The number of nitrogens with zero attached hydrogens (tertiary/aromatic N) is 5. The van der Waals surface area contributed by atoms with Crippen LogP contribution >= 0.6 is 24.0 Å². The number of hydrogen-bond donors (Lipinski definition) is 1. The van der Waals surface area contributed by atoms with Crippen molar-refractivity contribution in [3.63, 3.8) is 0 Å². The third kappa shape index (κ3) is 6.19. The number of guanidine groups is 1. The predicted molar refractivity (Wildman–Crippen MR) is 121 cm³/mol. The van der Waals surface area contributed by atoms with Gasteiger partial charge < -0.3 is 10.2 Å². The second-order valence-electron chi connectivity index (χ2n) is 7.41. The molecule has 1 aliphatic heterocycles. The molecule has 1 N–H and O–H groups in total. The van der Waals surface area contributed by atoms with Crippen LogP contribution in [0.4, 0.5) is 0 Å². The van der Waals surface area contributed by atoms with Gasteiger partial charge in [0, 0.05) is 19.6 Å². The third-order valence-electron chi connectivity index (χ3n) is 4.76. The lowest BCUT2D eigenvalue weighted by Gasteiger charge is -2.22. The largest absolute Gasteiger partial charge is 0.357 e. The minimum atomic E-state index is 0. The van der Waals surface area contributed by atoms with E-state index in [4.69, 9.17) is 4.99 Å².